The highest BCUT2D eigenvalue weighted by molar-refractivity contribution is 5.15. The van der Waals surface area contributed by atoms with Crippen molar-refractivity contribution < 1.29 is 5.11 Å². The molecule has 1 N–H and O–H groups in total. The molecule has 1 unspecified atom stereocenters. The number of aryl methyl sites for hydroxylation is 2. The first-order chi connectivity index (χ1) is 9.02. The number of hydrogen-bond donors (Lipinski definition) is 1. The first-order valence-corrected chi connectivity index (χ1v) is 7.18. The highest BCUT2D eigenvalue weighted by Crippen LogP contribution is 2.26. The van der Waals surface area contributed by atoms with E-state index < -0.39 is 0 Å². The molecule has 0 bridgehead atoms. The van der Waals surface area contributed by atoms with Gasteiger partial charge in [-0.3, -0.25) is 14.5 Å². The van der Waals surface area contributed by atoms with E-state index in [1.54, 1.807) is 0 Å². The van der Waals surface area contributed by atoms with E-state index in [0.717, 1.165) is 38.3 Å². The smallest absolute Gasteiger partial charge is 0.0682 e. The number of aliphatic hydroxyl groups is 1. The van der Waals surface area contributed by atoms with Gasteiger partial charge in [0, 0.05) is 57.1 Å². The molecule has 19 heavy (non-hydrogen) atoms. The summed E-state index contributed by atoms with van der Waals surface area (Å²) in [6.45, 7) is 8.33. The van der Waals surface area contributed by atoms with Gasteiger partial charge in [-0.05, 0) is 20.3 Å². The Bertz CT molecular complexity index is 458. The van der Waals surface area contributed by atoms with E-state index >= 15 is 0 Å². The second-order valence-electron chi connectivity index (χ2n) is 6.19. The van der Waals surface area contributed by atoms with Crippen molar-refractivity contribution in [3.05, 3.63) is 17.5 Å². The number of aromatic nitrogens is 2. The number of hydrogen-bond acceptors (Lipinski definition) is 4. The zero-order chi connectivity index (χ0) is 13.6. The van der Waals surface area contributed by atoms with Gasteiger partial charge in [-0.25, -0.2) is 0 Å². The lowest BCUT2D eigenvalue weighted by Crippen LogP contribution is -2.54. The fraction of sp³-hybridized carbons (Fsp3) is 0.786. The molecule has 5 nitrogen and oxygen atoms in total. The third kappa shape index (κ3) is 2.55. The second-order valence-corrected chi connectivity index (χ2v) is 6.19. The molecule has 106 valence electrons. The van der Waals surface area contributed by atoms with Crippen molar-refractivity contribution in [2.45, 2.75) is 45.0 Å². The van der Waals surface area contributed by atoms with Gasteiger partial charge in [-0.1, -0.05) is 0 Å². The molecule has 5 heteroatoms. The van der Waals surface area contributed by atoms with Crippen LogP contribution < -0.4 is 0 Å². The first kappa shape index (κ1) is 13.1. The van der Waals surface area contributed by atoms with Gasteiger partial charge in [-0.15, -0.1) is 0 Å². The van der Waals surface area contributed by atoms with E-state index in [9.17, 15) is 5.11 Å². The van der Waals surface area contributed by atoms with E-state index in [-0.39, 0.29) is 6.10 Å². The fourth-order valence-electron chi connectivity index (χ4n) is 3.52. The number of fused-ring (bicyclic) bond motifs is 1. The summed E-state index contributed by atoms with van der Waals surface area (Å²) in [6, 6.07) is 1.07. The molecule has 0 aliphatic carbocycles. The third-order valence-corrected chi connectivity index (χ3v) is 4.56. The molecule has 1 aromatic heterocycles. The monoisotopic (exact) mass is 264 g/mol. The normalized spacial score (nSPS) is 32.7. The maximum absolute atomic E-state index is 9.80. The molecule has 2 aliphatic rings. The molecular weight excluding hydrogens is 240 g/mol. The lowest BCUT2D eigenvalue weighted by molar-refractivity contribution is 0.0527. The minimum Gasteiger partial charge on any atom is -0.392 e. The lowest BCUT2D eigenvalue weighted by Gasteiger charge is -2.42. The summed E-state index contributed by atoms with van der Waals surface area (Å²) in [7, 11) is 1.98. The zero-order valence-electron chi connectivity index (χ0n) is 12.1. The van der Waals surface area contributed by atoms with Gasteiger partial charge in [0.25, 0.3) is 0 Å². The Morgan fingerprint density at radius 3 is 2.84 bits per heavy atom. The third-order valence-electron chi connectivity index (χ3n) is 4.56. The van der Waals surface area contributed by atoms with Crippen molar-refractivity contribution in [3.8, 4) is 0 Å². The Balaban J connectivity index is 1.69. The molecule has 3 heterocycles. The maximum Gasteiger partial charge on any atom is 0.0682 e. The summed E-state index contributed by atoms with van der Waals surface area (Å²) in [6.07, 6.45) is 2.92. The Morgan fingerprint density at radius 1 is 1.37 bits per heavy atom. The molecule has 2 saturated heterocycles. The highest BCUT2D eigenvalue weighted by atomic mass is 16.3. The minimum atomic E-state index is -0.128. The van der Waals surface area contributed by atoms with Crippen LogP contribution in [0, 0.1) is 6.92 Å². The van der Waals surface area contributed by atoms with Crippen LogP contribution in [0.2, 0.25) is 0 Å². The van der Waals surface area contributed by atoms with Gasteiger partial charge >= 0.3 is 0 Å². The summed E-state index contributed by atoms with van der Waals surface area (Å²) < 4.78 is 1.89. The van der Waals surface area contributed by atoms with Crippen molar-refractivity contribution in [2.24, 2.45) is 7.05 Å². The number of nitrogens with zero attached hydrogens (tertiary/aromatic N) is 4. The Labute approximate surface area is 114 Å². The van der Waals surface area contributed by atoms with Gasteiger partial charge in [0.2, 0.25) is 0 Å². The van der Waals surface area contributed by atoms with Crippen LogP contribution in [0.1, 0.15) is 24.6 Å². The molecule has 3 rings (SSSR count). The average molecular weight is 264 g/mol. The van der Waals surface area contributed by atoms with E-state index in [1.807, 2.05) is 11.7 Å². The summed E-state index contributed by atoms with van der Waals surface area (Å²) >= 11 is 0. The highest BCUT2D eigenvalue weighted by Gasteiger charge is 2.38. The summed E-state index contributed by atoms with van der Waals surface area (Å²) in [4.78, 5) is 4.98. The molecule has 0 amide bonds. The Hall–Kier alpha value is -0.910. The molecule has 0 spiro atoms. The van der Waals surface area contributed by atoms with Crippen LogP contribution in [0.3, 0.4) is 0 Å². The van der Waals surface area contributed by atoms with Crippen LogP contribution in [0.5, 0.6) is 0 Å². The molecule has 0 aromatic carbocycles. The van der Waals surface area contributed by atoms with Crippen LogP contribution in [0.25, 0.3) is 0 Å². The number of rotatable bonds is 2. The van der Waals surface area contributed by atoms with E-state index in [1.165, 1.54) is 5.56 Å². The van der Waals surface area contributed by atoms with Crippen LogP contribution in [0.4, 0.5) is 0 Å². The molecule has 3 atom stereocenters. The van der Waals surface area contributed by atoms with Crippen molar-refractivity contribution in [3.63, 3.8) is 0 Å². The van der Waals surface area contributed by atoms with E-state index in [0.29, 0.717) is 12.1 Å². The number of aliphatic hydroxyl groups excluding tert-OH is 1. The molecule has 0 saturated carbocycles. The molecule has 0 radical (unpaired) electrons. The minimum absolute atomic E-state index is 0.128. The SMILES string of the molecule is Cc1nn(C)cc1CN1CC2C[C@@H](O)CN2C[C@H]1C. The van der Waals surface area contributed by atoms with Crippen molar-refractivity contribution >= 4 is 0 Å². The predicted octanol–water partition coefficient (Wildman–Crippen LogP) is 0.368. The molecular formula is C14H24N4O. The average Bonchev–Trinajstić information content (AvgIpc) is 2.81. The van der Waals surface area contributed by atoms with Crippen LogP contribution >= 0.6 is 0 Å². The summed E-state index contributed by atoms with van der Waals surface area (Å²) in [5.41, 5.74) is 2.45. The van der Waals surface area contributed by atoms with Crippen LogP contribution in [0.15, 0.2) is 6.20 Å². The van der Waals surface area contributed by atoms with Gasteiger partial charge in [0.15, 0.2) is 0 Å². The van der Waals surface area contributed by atoms with Crippen LogP contribution in [-0.4, -0.2) is 62.5 Å². The standard InChI is InChI=1S/C14H24N4O/c1-10-5-18-9-14(19)4-13(18)8-17(10)7-12-6-16(3)15-11(12)2/h6,10,13-14,19H,4-5,7-9H2,1-3H3/t10-,13?,14-/m1/s1. The number of piperazine rings is 1. The molecule has 1 aromatic rings. The predicted molar refractivity (Wildman–Crippen MR) is 73.8 cm³/mol. The van der Waals surface area contributed by atoms with E-state index in [2.05, 4.69) is 34.9 Å². The molecule has 2 fully saturated rings. The van der Waals surface area contributed by atoms with Gasteiger partial charge in [-0.2, -0.15) is 5.10 Å². The van der Waals surface area contributed by atoms with Gasteiger partial charge in [0.05, 0.1) is 11.8 Å². The van der Waals surface area contributed by atoms with Gasteiger partial charge < -0.3 is 5.11 Å². The Morgan fingerprint density at radius 2 is 2.16 bits per heavy atom. The first-order valence-electron chi connectivity index (χ1n) is 7.18. The Kier molecular flexibility index (Phi) is 3.37. The molecule has 2 aliphatic heterocycles. The van der Waals surface area contributed by atoms with Gasteiger partial charge in [0.1, 0.15) is 0 Å². The quantitative estimate of drug-likeness (QED) is 0.838. The summed E-state index contributed by atoms with van der Waals surface area (Å²) in [5.74, 6) is 0. The largest absolute Gasteiger partial charge is 0.392 e. The van der Waals surface area contributed by atoms with Crippen LogP contribution in [-0.2, 0) is 13.6 Å². The van der Waals surface area contributed by atoms with Crippen molar-refractivity contribution in [1.82, 2.24) is 19.6 Å². The maximum atomic E-state index is 9.80. The van der Waals surface area contributed by atoms with Crippen molar-refractivity contribution in [2.75, 3.05) is 19.6 Å². The van der Waals surface area contributed by atoms with E-state index in [4.69, 9.17) is 0 Å². The second kappa shape index (κ2) is 4.89. The lowest BCUT2D eigenvalue weighted by atomic mass is 10.1. The zero-order valence-corrected chi connectivity index (χ0v) is 12.1. The topological polar surface area (TPSA) is 44.5 Å². The fourth-order valence-corrected chi connectivity index (χ4v) is 3.52. The summed E-state index contributed by atoms with van der Waals surface area (Å²) in [5, 5.41) is 14.2. The van der Waals surface area contributed by atoms with Crippen molar-refractivity contribution in [1.29, 1.82) is 0 Å².